The molecule has 0 unspecified atom stereocenters. The first kappa shape index (κ1) is 16.4. The second-order valence-electron chi connectivity index (χ2n) is 4.20. The first-order valence-electron chi connectivity index (χ1n) is 6.07. The maximum absolute atomic E-state index is 12.4. The van der Waals surface area contributed by atoms with Gasteiger partial charge in [-0.15, -0.1) is 0 Å². The lowest BCUT2D eigenvalue weighted by Crippen LogP contribution is -2.05. The summed E-state index contributed by atoms with van der Waals surface area (Å²) in [6.07, 6.45) is 1.12. The zero-order chi connectivity index (χ0) is 16.2. The molecule has 0 aliphatic rings. The molecule has 0 aromatic heterocycles. The zero-order valence-electron chi connectivity index (χ0n) is 11.1. The van der Waals surface area contributed by atoms with E-state index in [1.165, 1.54) is 24.3 Å². The molecular formula is C15H10Cl2N2O2S. The molecule has 0 bridgehead atoms. The number of halogens is 2. The van der Waals surface area contributed by atoms with Crippen LogP contribution in [-0.4, -0.2) is 8.42 Å². The maximum Gasteiger partial charge on any atom is 0.218 e. The van der Waals surface area contributed by atoms with E-state index in [0.29, 0.717) is 15.7 Å². The quantitative estimate of drug-likeness (QED) is 0.835. The molecule has 0 spiro atoms. The van der Waals surface area contributed by atoms with E-state index in [9.17, 15) is 8.42 Å². The van der Waals surface area contributed by atoms with E-state index in [1.807, 2.05) is 0 Å². The Morgan fingerprint density at radius 3 is 2.32 bits per heavy atom. The Hall–Kier alpha value is -2.00. The topological polar surface area (TPSA) is 70.0 Å². The van der Waals surface area contributed by atoms with Crippen molar-refractivity contribution in [1.29, 1.82) is 5.26 Å². The molecule has 0 aliphatic heterocycles. The zero-order valence-corrected chi connectivity index (χ0v) is 13.5. The van der Waals surface area contributed by atoms with Crippen molar-refractivity contribution < 1.29 is 8.42 Å². The second-order valence-corrected chi connectivity index (χ2v) is 6.96. The minimum Gasteiger partial charge on any atom is -0.359 e. The fraction of sp³-hybridized carbons (Fsp3) is 0. The van der Waals surface area contributed by atoms with Crippen LogP contribution in [0.2, 0.25) is 10.0 Å². The summed E-state index contributed by atoms with van der Waals surface area (Å²) in [6, 6.07) is 14.1. The van der Waals surface area contributed by atoms with Gasteiger partial charge in [0, 0.05) is 11.2 Å². The second kappa shape index (κ2) is 6.84. The molecule has 1 N–H and O–H groups in total. The van der Waals surface area contributed by atoms with Crippen LogP contribution in [-0.2, 0) is 9.84 Å². The van der Waals surface area contributed by atoms with Gasteiger partial charge < -0.3 is 5.32 Å². The number of anilines is 1. The highest BCUT2D eigenvalue weighted by Gasteiger charge is 2.20. The van der Waals surface area contributed by atoms with Gasteiger partial charge in [0.2, 0.25) is 9.84 Å². The molecule has 22 heavy (non-hydrogen) atoms. The minimum absolute atomic E-state index is 0.00865. The Morgan fingerprint density at radius 1 is 1.09 bits per heavy atom. The van der Waals surface area contributed by atoms with Crippen molar-refractivity contribution in [1.82, 2.24) is 0 Å². The largest absolute Gasteiger partial charge is 0.359 e. The van der Waals surface area contributed by atoms with Crippen LogP contribution in [0.5, 0.6) is 0 Å². The Bertz CT molecular complexity index is 854. The summed E-state index contributed by atoms with van der Waals surface area (Å²) in [5.74, 6) is 0. The highest BCUT2D eigenvalue weighted by molar-refractivity contribution is 7.95. The molecule has 4 nitrogen and oxygen atoms in total. The molecule has 0 heterocycles. The van der Waals surface area contributed by atoms with E-state index >= 15 is 0 Å². The lowest BCUT2D eigenvalue weighted by Gasteiger charge is -2.06. The van der Waals surface area contributed by atoms with Crippen LogP contribution in [0, 0.1) is 11.3 Å². The SMILES string of the molecule is N#C/C(=C/Nc1ccccc1Cl)S(=O)(=O)c1ccc(Cl)cc1. The number of hydrogen-bond donors (Lipinski definition) is 1. The van der Waals surface area contributed by atoms with Gasteiger partial charge in [-0.2, -0.15) is 5.26 Å². The van der Waals surface area contributed by atoms with Crippen molar-refractivity contribution in [3.05, 3.63) is 69.7 Å². The molecule has 0 fully saturated rings. The average molecular weight is 353 g/mol. The molecule has 2 aromatic rings. The van der Waals surface area contributed by atoms with Crippen molar-refractivity contribution in [3.63, 3.8) is 0 Å². The summed E-state index contributed by atoms with van der Waals surface area (Å²) < 4.78 is 24.7. The van der Waals surface area contributed by atoms with Crippen LogP contribution >= 0.6 is 23.2 Å². The number of allylic oxidation sites excluding steroid dienone is 1. The summed E-state index contributed by atoms with van der Waals surface area (Å²) in [5, 5.41) is 12.7. The van der Waals surface area contributed by atoms with Gasteiger partial charge in [-0.1, -0.05) is 35.3 Å². The number of sulfone groups is 1. The van der Waals surface area contributed by atoms with E-state index in [1.54, 1.807) is 30.3 Å². The van der Waals surface area contributed by atoms with Crippen molar-refractivity contribution in [2.75, 3.05) is 5.32 Å². The monoisotopic (exact) mass is 352 g/mol. The Kier molecular flexibility index (Phi) is 5.09. The van der Waals surface area contributed by atoms with Crippen molar-refractivity contribution in [2.45, 2.75) is 4.90 Å². The molecule has 112 valence electrons. The number of nitrogens with zero attached hydrogens (tertiary/aromatic N) is 1. The first-order valence-corrected chi connectivity index (χ1v) is 8.31. The lowest BCUT2D eigenvalue weighted by atomic mass is 10.3. The Morgan fingerprint density at radius 2 is 1.73 bits per heavy atom. The van der Waals surface area contributed by atoms with E-state index in [-0.39, 0.29) is 4.90 Å². The summed E-state index contributed by atoms with van der Waals surface area (Å²) in [7, 11) is -3.92. The summed E-state index contributed by atoms with van der Waals surface area (Å²) in [6.45, 7) is 0. The van der Waals surface area contributed by atoms with Gasteiger partial charge >= 0.3 is 0 Å². The minimum atomic E-state index is -3.92. The van der Waals surface area contributed by atoms with E-state index in [4.69, 9.17) is 28.5 Å². The van der Waals surface area contributed by atoms with Crippen LogP contribution in [0.4, 0.5) is 5.69 Å². The molecule has 7 heteroatoms. The van der Waals surface area contributed by atoms with Gasteiger partial charge in [0.25, 0.3) is 0 Å². The highest BCUT2D eigenvalue weighted by atomic mass is 35.5. The molecule has 0 radical (unpaired) electrons. The number of hydrogen-bond acceptors (Lipinski definition) is 4. The third kappa shape index (κ3) is 3.60. The van der Waals surface area contributed by atoms with Gasteiger partial charge in [0.05, 0.1) is 15.6 Å². The van der Waals surface area contributed by atoms with Crippen molar-refractivity contribution in [2.24, 2.45) is 0 Å². The fourth-order valence-corrected chi connectivity index (χ4v) is 3.03. The predicted molar refractivity (Wildman–Crippen MR) is 87.4 cm³/mol. The summed E-state index contributed by atoms with van der Waals surface area (Å²) >= 11 is 11.7. The number of benzene rings is 2. The van der Waals surface area contributed by atoms with Crippen LogP contribution in [0.1, 0.15) is 0 Å². The van der Waals surface area contributed by atoms with Gasteiger partial charge in [-0.05, 0) is 36.4 Å². The average Bonchev–Trinajstić information content (AvgIpc) is 2.50. The number of nitrogens with one attached hydrogen (secondary N) is 1. The van der Waals surface area contributed by atoms with Crippen molar-refractivity contribution in [3.8, 4) is 6.07 Å². The van der Waals surface area contributed by atoms with Gasteiger partial charge in [-0.25, -0.2) is 8.42 Å². The van der Waals surface area contributed by atoms with E-state index in [2.05, 4.69) is 5.32 Å². The molecule has 0 saturated heterocycles. The number of para-hydroxylation sites is 1. The summed E-state index contributed by atoms with van der Waals surface area (Å²) in [5.41, 5.74) is 0.503. The highest BCUT2D eigenvalue weighted by Crippen LogP contribution is 2.23. The third-order valence-electron chi connectivity index (χ3n) is 2.76. The third-order valence-corrected chi connectivity index (χ3v) is 5.02. The van der Waals surface area contributed by atoms with Crippen LogP contribution in [0.15, 0.2) is 64.5 Å². The van der Waals surface area contributed by atoms with Gasteiger partial charge in [0.1, 0.15) is 6.07 Å². The van der Waals surface area contributed by atoms with Gasteiger partial charge in [0.15, 0.2) is 4.91 Å². The number of nitriles is 1. The molecule has 2 rings (SSSR count). The predicted octanol–water partition coefficient (Wildman–Crippen LogP) is 4.24. The van der Waals surface area contributed by atoms with Crippen LogP contribution in [0.3, 0.4) is 0 Å². The van der Waals surface area contributed by atoms with Crippen molar-refractivity contribution >= 4 is 38.7 Å². The first-order chi connectivity index (χ1) is 10.4. The number of rotatable bonds is 4. The van der Waals surface area contributed by atoms with Crippen LogP contribution in [0.25, 0.3) is 0 Å². The standard InChI is InChI=1S/C15H10Cl2N2O2S/c16-11-5-7-12(8-6-11)22(20,21)13(9-18)10-19-15-4-2-1-3-14(15)17/h1-8,10,19H/b13-10-. The summed E-state index contributed by atoms with van der Waals surface area (Å²) in [4.78, 5) is -0.430. The Balaban J connectivity index is 2.35. The normalized spacial score (nSPS) is 11.8. The molecule has 0 atom stereocenters. The molecule has 0 aliphatic carbocycles. The Labute approximate surface area is 138 Å². The van der Waals surface area contributed by atoms with E-state index < -0.39 is 14.7 Å². The molecule has 2 aromatic carbocycles. The fourth-order valence-electron chi connectivity index (χ4n) is 1.63. The van der Waals surface area contributed by atoms with Gasteiger partial charge in [-0.3, -0.25) is 0 Å². The molecular weight excluding hydrogens is 343 g/mol. The van der Waals surface area contributed by atoms with Crippen LogP contribution < -0.4 is 5.32 Å². The van der Waals surface area contributed by atoms with E-state index in [0.717, 1.165) is 6.20 Å². The molecule has 0 amide bonds. The maximum atomic E-state index is 12.4. The molecule has 0 saturated carbocycles. The lowest BCUT2D eigenvalue weighted by molar-refractivity contribution is 0.603. The smallest absolute Gasteiger partial charge is 0.218 e.